The highest BCUT2D eigenvalue weighted by Crippen LogP contribution is 2.28. The molecule has 0 radical (unpaired) electrons. The standard InChI is InChI=1S/C16H19BrN2O/c17-15-6-5-13(16-14(15)2-1-7-19-16)10-18-8-9-20-11-12-3-4-12/h1-2,5-7,12,18H,3-4,8-11H2. The molecule has 2 aromatic rings. The molecule has 1 aromatic carbocycles. The van der Waals surface area contributed by atoms with E-state index in [0.717, 1.165) is 47.6 Å². The van der Waals surface area contributed by atoms with E-state index in [1.54, 1.807) is 0 Å². The van der Waals surface area contributed by atoms with Gasteiger partial charge in [-0.25, -0.2) is 0 Å². The van der Waals surface area contributed by atoms with Crippen molar-refractivity contribution in [3.63, 3.8) is 0 Å². The van der Waals surface area contributed by atoms with E-state index in [0.29, 0.717) is 0 Å². The predicted octanol–water partition coefficient (Wildman–Crippen LogP) is 3.51. The van der Waals surface area contributed by atoms with Crippen LogP contribution >= 0.6 is 15.9 Å². The van der Waals surface area contributed by atoms with Crippen LogP contribution in [0.1, 0.15) is 18.4 Å². The van der Waals surface area contributed by atoms with Gasteiger partial charge in [-0.3, -0.25) is 4.98 Å². The predicted molar refractivity (Wildman–Crippen MR) is 84.7 cm³/mol. The lowest BCUT2D eigenvalue weighted by molar-refractivity contribution is 0.126. The van der Waals surface area contributed by atoms with Crippen molar-refractivity contribution in [3.8, 4) is 0 Å². The highest BCUT2D eigenvalue weighted by Gasteiger charge is 2.20. The van der Waals surface area contributed by atoms with E-state index >= 15 is 0 Å². The van der Waals surface area contributed by atoms with Gasteiger partial charge in [-0.05, 0) is 36.5 Å². The van der Waals surface area contributed by atoms with Crippen molar-refractivity contribution in [1.29, 1.82) is 0 Å². The van der Waals surface area contributed by atoms with Gasteiger partial charge in [0.15, 0.2) is 0 Å². The summed E-state index contributed by atoms with van der Waals surface area (Å²) in [5.41, 5.74) is 2.29. The number of ether oxygens (including phenoxy) is 1. The van der Waals surface area contributed by atoms with Crippen LogP contribution in [0.3, 0.4) is 0 Å². The second-order valence-corrected chi connectivity index (χ2v) is 6.16. The van der Waals surface area contributed by atoms with Gasteiger partial charge in [-0.2, -0.15) is 0 Å². The zero-order valence-electron chi connectivity index (χ0n) is 11.4. The van der Waals surface area contributed by atoms with E-state index in [1.165, 1.54) is 18.4 Å². The molecular weight excluding hydrogens is 316 g/mol. The lowest BCUT2D eigenvalue weighted by atomic mass is 10.1. The van der Waals surface area contributed by atoms with Crippen LogP contribution in [0.4, 0.5) is 0 Å². The van der Waals surface area contributed by atoms with E-state index in [1.807, 2.05) is 12.3 Å². The molecule has 1 aromatic heterocycles. The molecule has 1 heterocycles. The smallest absolute Gasteiger partial charge is 0.0758 e. The first kappa shape index (κ1) is 14.0. The molecule has 0 aliphatic heterocycles. The largest absolute Gasteiger partial charge is 0.380 e. The van der Waals surface area contributed by atoms with Gasteiger partial charge in [-0.1, -0.05) is 28.1 Å². The van der Waals surface area contributed by atoms with Crippen LogP contribution in [0.25, 0.3) is 10.9 Å². The number of aromatic nitrogens is 1. The molecule has 0 spiro atoms. The fourth-order valence-electron chi connectivity index (χ4n) is 2.24. The van der Waals surface area contributed by atoms with E-state index in [-0.39, 0.29) is 0 Å². The Balaban J connectivity index is 1.53. The topological polar surface area (TPSA) is 34.1 Å². The first-order valence-electron chi connectivity index (χ1n) is 7.15. The fraction of sp³-hybridized carbons (Fsp3) is 0.438. The highest BCUT2D eigenvalue weighted by atomic mass is 79.9. The average molecular weight is 335 g/mol. The molecule has 3 rings (SSSR count). The summed E-state index contributed by atoms with van der Waals surface area (Å²) in [5, 5.41) is 4.59. The minimum atomic E-state index is 0.790. The highest BCUT2D eigenvalue weighted by molar-refractivity contribution is 9.10. The van der Waals surface area contributed by atoms with Crippen LogP contribution in [0, 0.1) is 5.92 Å². The number of rotatable bonds is 7. The van der Waals surface area contributed by atoms with Gasteiger partial charge in [0.2, 0.25) is 0 Å². The number of hydrogen-bond acceptors (Lipinski definition) is 3. The second kappa shape index (κ2) is 6.66. The molecule has 0 saturated heterocycles. The molecule has 1 N–H and O–H groups in total. The molecule has 3 nitrogen and oxygen atoms in total. The van der Waals surface area contributed by atoms with Gasteiger partial charge < -0.3 is 10.1 Å². The molecule has 20 heavy (non-hydrogen) atoms. The Labute approximate surface area is 127 Å². The summed E-state index contributed by atoms with van der Waals surface area (Å²) >= 11 is 3.57. The third-order valence-corrected chi connectivity index (χ3v) is 4.28. The Hall–Kier alpha value is -0.970. The maximum Gasteiger partial charge on any atom is 0.0758 e. The molecule has 1 fully saturated rings. The molecular formula is C16H19BrN2O. The molecule has 1 saturated carbocycles. The number of benzene rings is 1. The number of nitrogens with zero attached hydrogens (tertiary/aromatic N) is 1. The van der Waals surface area contributed by atoms with Crippen LogP contribution in [-0.2, 0) is 11.3 Å². The van der Waals surface area contributed by atoms with Gasteiger partial charge in [0.1, 0.15) is 0 Å². The summed E-state index contributed by atoms with van der Waals surface area (Å²) in [7, 11) is 0. The lowest BCUT2D eigenvalue weighted by Gasteiger charge is -2.09. The summed E-state index contributed by atoms with van der Waals surface area (Å²) in [6.07, 6.45) is 4.55. The molecule has 0 amide bonds. The maximum absolute atomic E-state index is 5.62. The summed E-state index contributed by atoms with van der Waals surface area (Å²) < 4.78 is 6.71. The Morgan fingerprint density at radius 3 is 3.05 bits per heavy atom. The quantitative estimate of drug-likeness (QED) is 0.786. The van der Waals surface area contributed by atoms with Crippen LogP contribution in [-0.4, -0.2) is 24.7 Å². The van der Waals surface area contributed by atoms with Gasteiger partial charge in [0.25, 0.3) is 0 Å². The maximum atomic E-state index is 5.62. The Kier molecular flexibility index (Phi) is 4.65. The number of hydrogen-bond donors (Lipinski definition) is 1. The van der Waals surface area contributed by atoms with E-state index in [9.17, 15) is 0 Å². The summed E-state index contributed by atoms with van der Waals surface area (Å²) in [6, 6.07) is 8.27. The first-order chi connectivity index (χ1) is 9.84. The summed E-state index contributed by atoms with van der Waals surface area (Å²) in [6.45, 7) is 3.44. The second-order valence-electron chi connectivity index (χ2n) is 5.30. The van der Waals surface area contributed by atoms with Crippen molar-refractivity contribution >= 4 is 26.8 Å². The normalized spacial score (nSPS) is 14.8. The molecule has 4 heteroatoms. The van der Waals surface area contributed by atoms with Crippen molar-refractivity contribution in [2.24, 2.45) is 5.92 Å². The zero-order valence-corrected chi connectivity index (χ0v) is 13.0. The van der Waals surface area contributed by atoms with Crippen molar-refractivity contribution in [2.45, 2.75) is 19.4 Å². The fourth-order valence-corrected chi connectivity index (χ4v) is 2.69. The van der Waals surface area contributed by atoms with Gasteiger partial charge in [-0.15, -0.1) is 0 Å². The van der Waals surface area contributed by atoms with Crippen LogP contribution in [0.15, 0.2) is 34.9 Å². The van der Waals surface area contributed by atoms with Crippen LogP contribution < -0.4 is 5.32 Å². The molecule has 0 atom stereocenters. The number of pyridine rings is 1. The van der Waals surface area contributed by atoms with E-state index in [2.05, 4.69) is 44.4 Å². The van der Waals surface area contributed by atoms with Crippen molar-refractivity contribution in [1.82, 2.24) is 10.3 Å². The Bertz CT molecular complexity index is 584. The Morgan fingerprint density at radius 1 is 1.30 bits per heavy atom. The average Bonchev–Trinajstić information content (AvgIpc) is 3.29. The molecule has 0 bridgehead atoms. The van der Waals surface area contributed by atoms with Gasteiger partial charge in [0, 0.05) is 35.8 Å². The number of fused-ring (bicyclic) bond motifs is 1. The first-order valence-corrected chi connectivity index (χ1v) is 7.94. The number of halogens is 1. The molecule has 1 aliphatic rings. The third-order valence-electron chi connectivity index (χ3n) is 3.59. The Morgan fingerprint density at radius 2 is 2.20 bits per heavy atom. The van der Waals surface area contributed by atoms with Crippen LogP contribution in [0.2, 0.25) is 0 Å². The third kappa shape index (κ3) is 3.57. The summed E-state index contributed by atoms with van der Waals surface area (Å²) in [4.78, 5) is 4.49. The summed E-state index contributed by atoms with van der Waals surface area (Å²) in [5.74, 6) is 0.842. The van der Waals surface area contributed by atoms with Gasteiger partial charge in [0.05, 0.1) is 12.1 Å². The number of nitrogens with one attached hydrogen (secondary N) is 1. The van der Waals surface area contributed by atoms with E-state index < -0.39 is 0 Å². The molecule has 106 valence electrons. The van der Waals surface area contributed by atoms with E-state index in [4.69, 9.17) is 4.74 Å². The van der Waals surface area contributed by atoms with Crippen molar-refractivity contribution in [2.75, 3.05) is 19.8 Å². The molecule has 0 unspecified atom stereocenters. The van der Waals surface area contributed by atoms with Gasteiger partial charge >= 0.3 is 0 Å². The van der Waals surface area contributed by atoms with Crippen molar-refractivity contribution in [3.05, 3.63) is 40.5 Å². The minimum absolute atomic E-state index is 0.790. The zero-order chi connectivity index (χ0) is 13.8. The minimum Gasteiger partial charge on any atom is -0.380 e. The lowest BCUT2D eigenvalue weighted by Crippen LogP contribution is -2.20. The monoisotopic (exact) mass is 334 g/mol. The van der Waals surface area contributed by atoms with Crippen molar-refractivity contribution < 1.29 is 4.74 Å². The van der Waals surface area contributed by atoms with Crippen LogP contribution in [0.5, 0.6) is 0 Å². The SMILES string of the molecule is Brc1ccc(CNCCOCC2CC2)c2ncccc12. The molecule has 1 aliphatic carbocycles.